The molecule has 0 saturated carbocycles. The molecule has 9 heteroatoms. The zero-order valence-corrected chi connectivity index (χ0v) is 10.3. The topological polar surface area (TPSA) is 147 Å². The lowest BCUT2D eigenvalue weighted by atomic mass is 9.92. The molecule has 2 atom stereocenters. The van der Waals surface area contributed by atoms with E-state index in [2.05, 4.69) is 0 Å². The average molecular weight is 268 g/mol. The first-order valence-corrected chi connectivity index (χ1v) is 6.42. The molecule has 17 heavy (non-hydrogen) atoms. The SMILES string of the molecule is CC[C@H](C)[C@@](N)(NC(=O)CS(=O)(=O)O)C(=O)O. The summed E-state index contributed by atoms with van der Waals surface area (Å²) in [5, 5.41) is 10.8. The van der Waals surface area contributed by atoms with Gasteiger partial charge in [-0.1, -0.05) is 13.8 Å². The molecular formula is C8H16N2O6S. The maximum absolute atomic E-state index is 11.2. The van der Waals surface area contributed by atoms with E-state index in [4.69, 9.17) is 15.4 Å². The van der Waals surface area contributed by atoms with Crippen molar-refractivity contribution in [2.75, 3.05) is 5.75 Å². The lowest BCUT2D eigenvalue weighted by Crippen LogP contribution is -2.66. The second-order valence-corrected chi connectivity index (χ2v) is 5.21. The van der Waals surface area contributed by atoms with E-state index in [1.807, 2.05) is 5.32 Å². The van der Waals surface area contributed by atoms with Gasteiger partial charge >= 0.3 is 5.97 Å². The molecule has 0 aromatic heterocycles. The molecule has 0 spiro atoms. The summed E-state index contributed by atoms with van der Waals surface area (Å²) in [5.74, 6) is -4.48. The van der Waals surface area contributed by atoms with Gasteiger partial charge in [0.1, 0.15) is 0 Å². The van der Waals surface area contributed by atoms with Crippen LogP contribution in [0.5, 0.6) is 0 Å². The summed E-state index contributed by atoms with van der Waals surface area (Å²) in [7, 11) is -4.51. The first-order valence-electron chi connectivity index (χ1n) is 4.81. The third kappa shape index (κ3) is 4.67. The maximum Gasteiger partial charge on any atom is 0.344 e. The molecule has 0 saturated heterocycles. The fourth-order valence-corrected chi connectivity index (χ4v) is 1.55. The average Bonchev–Trinajstić information content (AvgIpc) is 2.12. The minimum absolute atomic E-state index is 0.370. The number of hydrogen-bond donors (Lipinski definition) is 4. The van der Waals surface area contributed by atoms with Crippen LogP contribution < -0.4 is 11.1 Å². The lowest BCUT2D eigenvalue weighted by Gasteiger charge is -2.31. The van der Waals surface area contributed by atoms with E-state index < -0.39 is 39.3 Å². The number of carboxylic acid groups (broad SMARTS) is 1. The maximum atomic E-state index is 11.2. The second kappa shape index (κ2) is 5.43. The van der Waals surface area contributed by atoms with Gasteiger partial charge in [0.15, 0.2) is 11.4 Å². The summed E-state index contributed by atoms with van der Waals surface area (Å²) < 4.78 is 29.3. The Balaban J connectivity index is 4.91. The number of amides is 1. The van der Waals surface area contributed by atoms with E-state index in [9.17, 15) is 18.0 Å². The van der Waals surface area contributed by atoms with Gasteiger partial charge < -0.3 is 10.4 Å². The van der Waals surface area contributed by atoms with E-state index in [0.29, 0.717) is 6.42 Å². The monoisotopic (exact) mass is 268 g/mol. The summed E-state index contributed by atoms with van der Waals surface area (Å²) in [4.78, 5) is 22.2. The van der Waals surface area contributed by atoms with Crippen LogP contribution in [0.4, 0.5) is 0 Å². The van der Waals surface area contributed by atoms with Gasteiger partial charge in [0.05, 0.1) is 0 Å². The van der Waals surface area contributed by atoms with Crippen LogP contribution in [0.2, 0.25) is 0 Å². The molecule has 8 nitrogen and oxygen atoms in total. The highest BCUT2D eigenvalue weighted by Gasteiger charge is 2.41. The molecule has 0 heterocycles. The van der Waals surface area contributed by atoms with Crippen LogP contribution in [0.25, 0.3) is 0 Å². The lowest BCUT2D eigenvalue weighted by molar-refractivity contribution is -0.149. The molecule has 0 radical (unpaired) electrons. The van der Waals surface area contributed by atoms with Crippen molar-refractivity contribution >= 4 is 22.0 Å². The van der Waals surface area contributed by atoms with E-state index >= 15 is 0 Å². The number of carbonyl (C=O) groups excluding carboxylic acids is 1. The Hall–Kier alpha value is -1.19. The van der Waals surface area contributed by atoms with E-state index in [-0.39, 0.29) is 0 Å². The number of aliphatic carboxylic acids is 1. The number of hydrogen-bond acceptors (Lipinski definition) is 5. The number of carboxylic acids is 1. The summed E-state index contributed by atoms with van der Waals surface area (Å²) in [6.07, 6.45) is 0.370. The Morgan fingerprint density at radius 1 is 1.47 bits per heavy atom. The minimum Gasteiger partial charge on any atom is -0.478 e. The van der Waals surface area contributed by atoms with Gasteiger partial charge in [0.25, 0.3) is 10.1 Å². The Bertz CT molecular complexity index is 406. The van der Waals surface area contributed by atoms with Crippen molar-refractivity contribution in [3.05, 3.63) is 0 Å². The first-order chi connectivity index (χ1) is 7.53. The zero-order chi connectivity index (χ0) is 13.9. The van der Waals surface area contributed by atoms with Gasteiger partial charge in [0.2, 0.25) is 5.91 Å². The Labute approximate surface area is 98.9 Å². The molecule has 1 amide bonds. The normalized spacial score (nSPS) is 16.9. The van der Waals surface area contributed by atoms with Crippen molar-refractivity contribution in [3.8, 4) is 0 Å². The Morgan fingerprint density at radius 3 is 2.24 bits per heavy atom. The summed E-state index contributed by atoms with van der Waals surface area (Å²) >= 11 is 0. The Morgan fingerprint density at radius 2 is 1.94 bits per heavy atom. The van der Waals surface area contributed by atoms with Crippen molar-refractivity contribution in [1.29, 1.82) is 0 Å². The predicted octanol–water partition coefficient (Wildman–Crippen LogP) is -1.22. The van der Waals surface area contributed by atoms with Crippen LogP contribution >= 0.6 is 0 Å². The molecule has 0 aliphatic rings. The highest BCUT2D eigenvalue weighted by molar-refractivity contribution is 7.86. The Kier molecular flexibility index (Phi) is 5.05. The van der Waals surface area contributed by atoms with Crippen LogP contribution in [-0.4, -0.2) is 41.4 Å². The zero-order valence-electron chi connectivity index (χ0n) is 9.50. The third-order valence-corrected chi connectivity index (χ3v) is 3.03. The number of carbonyl (C=O) groups is 2. The number of nitrogens with two attached hydrogens (primary N) is 1. The fraction of sp³-hybridized carbons (Fsp3) is 0.750. The second-order valence-electron chi connectivity index (χ2n) is 3.76. The van der Waals surface area contributed by atoms with Crippen LogP contribution in [0, 0.1) is 5.92 Å². The van der Waals surface area contributed by atoms with Crippen molar-refractivity contribution in [1.82, 2.24) is 5.32 Å². The molecule has 5 N–H and O–H groups in total. The third-order valence-electron chi connectivity index (χ3n) is 2.40. The first kappa shape index (κ1) is 15.8. The molecule has 0 aliphatic carbocycles. The van der Waals surface area contributed by atoms with E-state index in [1.54, 1.807) is 6.92 Å². The van der Waals surface area contributed by atoms with Crippen molar-refractivity contribution in [3.63, 3.8) is 0 Å². The van der Waals surface area contributed by atoms with Crippen LogP contribution in [0.3, 0.4) is 0 Å². The van der Waals surface area contributed by atoms with Crippen molar-refractivity contribution in [2.45, 2.75) is 25.9 Å². The van der Waals surface area contributed by atoms with E-state index in [0.717, 1.165) is 0 Å². The molecule has 0 bridgehead atoms. The summed E-state index contributed by atoms with van der Waals surface area (Å²) in [5.41, 5.74) is 3.45. The van der Waals surface area contributed by atoms with Crippen LogP contribution in [0.1, 0.15) is 20.3 Å². The molecule has 100 valence electrons. The molecule has 0 aromatic carbocycles. The molecular weight excluding hydrogens is 252 g/mol. The smallest absolute Gasteiger partial charge is 0.344 e. The predicted molar refractivity (Wildman–Crippen MR) is 58.6 cm³/mol. The van der Waals surface area contributed by atoms with Gasteiger partial charge in [-0.2, -0.15) is 8.42 Å². The van der Waals surface area contributed by atoms with Crippen LogP contribution in [0.15, 0.2) is 0 Å². The van der Waals surface area contributed by atoms with Gasteiger partial charge in [-0.3, -0.25) is 15.1 Å². The van der Waals surface area contributed by atoms with Crippen LogP contribution in [-0.2, 0) is 19.7 Å². The summed E-state index contributed by atoms with van der Waals surface area (Å²) in [6.45, 7) is 3.17. The minimum atomic E-state index is -4.51. The standard InChI is InChI=1S/C8H16N2O6S/c1-3-5(2)8(9,7(12)13)10-6(11)4-17(14,15)16/h5H,3-4,9H2,1-2H3,(H,10,11)(H,12,13)(H,14,15,16)/t5-,8+/m0/s1. The van der Waals surface area contributed by atoms with Gasteiger partial charge in [-0.05, 0) is 6.42 Å². The highest BCUT2D eigenvalue weighted by Crippen LogP contribution is 2.15. The van der Waals surface area contributed by atoms with Gasteiger partial charge in [-0.25, -0.2) is 4.79 Å². The molecule has 0 unspecified atom stereocenters. The molecule has 0 rings (SSSR count). The van der Waals surface area contributed by atoms with Gasteiger partial charge in [0, 0.05) is 5.92 Å². The van der Waals surface area contributed by atoms with Crippen molar-refractivity contribution < 1.29 is 27.7 Å². The molecule has 0 aliphatic heterocycles. The summed E-state index contributed by atoms with van der Waals surface area (Å²) in [6, 6.07) is 0. The van der Waals surface area contributed by atoms with E-state index in [1.165, 1.54) is 6.92 Å². The molecule has 0 aromatic rings. The highest BCUT2D eigenvalue weighted by atomic mass is 32.2. The van der Waals surface area contributed by atoms with Gasteiger partial charge in [-0.15, -0.1) is 0 Å². The molecule has 0 fully saturated rings. The largest absolute Gasteiger partial charge is 0.478 e. The number of rotatable bonds is 6. The number of nitrogens with one attached hydrogen (secondary N) is 1. The fourth-order valence-electron chi connectivity index (χ4n) is 1.14. The quantitative estimate of drug-likeness (QED) is 0.348. The van der Waals surface area contributed by atoms with Crippen molar-refractivity contribution in [2.24, 2.45) is 11.7 Å².